The van der Waals surface area contributed by atoms with E-state index in [1.807, 2.05) is 54.6 Å². The number of rotatable bonds is 5. The molecule has 1 saturated heterocycles. The number of aromatic nitrogens is 1. The summed E-state index contributed by atoms with van der Waals surface area (Å²) in [6.07, 6.45) is 7.50. The van der Waals surface area contributed by atoms with Gasteiger partial charge in [-0.25, -0.2) is 0 Å². The predicted molar refractivity (Wildman–Crippen MR) is 131 cm³/mol. The van der Waals surface area contributed by atoms with Gasteiger partial charge in [0.15, 0.2) is 0 Å². The van der Waals surface area contributed by atoms with Gasteiger partial charge in [0, 0.05) is 34.5 Å². The van der Waals surface area contributed by atoms with Gasteiger partial charge in [-0.3, -0.25) is 9.59 Å². The van der Waals surface area contributed by atoms with Crippen LogP contribution in [0.3, 0.4) is 0 Å². The van der Waals surface area contributed by atoms with Crippen molar-refractivity contribution in [3.63, 3.8) is 0 Å². The van der Waals surface area contributed by atoms with Crippen LogP contribution < -0.4 is 11.1 Å². The van der Waals surface area contributed by atoms with Crippen molar-refractivity contribution in [3.05, 3.63) is 83.7 Å². The second-order valence-corrected chi connectivity index (χ2v) is 8.81. The fraction of sp³-hybridized carbons (Fsp3) is 0.259. The highest BCUT2D eigenvalue weighted by molar-refractivity contribution is 5.90. The topological polar surface area (TPSA) is 91.2 Å². The summed E-state index contributed by atoms with van der Waals surface area (Å²) < 4.78 is 0. The number of hydrogen-bond acceptors (Lipinski definition) is 3. The van der Waals surface area contributed by atoms with E-state index in [4.69, 9.17) is 5.73 Å². The molecule has 0 unspecified atom stereocenters. The van der Waals surface area contributed by atoms with E-state index >= 15 is 0 Å². The molecule has 2 heterocycles. The van der Waals surface area contributed by atoms with E-state index in [1.54, 1.807) is 4.90 Å². The number of aromatic amines is 1. The van der Waals surface area contributed by atoms with Gasteiger partial charge in [-0.05, 0) is 61.1 Å². The van der Waals surface area contributed by atoms with Gasteiger partial charge >= 0.3 is 0 Å². The van der Waals surface area contributed by atoms with Crippen molar-refractivity contribution < 1.29 is 9.59 Å². The highest BCUT2D eigenvalue weighted by atomic mass is 16.2. The molecule has 1 aromatic heterocycles. The lowest BCUT2D eigenvalue weighted by molar-refractivity contribution is -0.137. The second-order valence-electron chi connectivity index (χ2n) is 8.81. The number of carbonyl (C=O) groups is 2. The Morgan fingerprint density at radius 2 is 1.91 bits per heavy atom. The molecular weight excluding hydrogens is 412 g/mol. The summed E-state index contributed by atoms with van der Waals surface area (Å²) in [7, 11) is 0. The van der Waals surface area contributed by atoms with Crippen molar-refractivity contribution in [2.75, 3.05) is 12.3 Å². The van der Waals surface area contributed by atoms with Crippen LogP contribution in [0, 0.1) is 0 Å². The maximum Gasteiger partial charge on any atom is 0.246 e. The molecule has 4 N–H and O–H groups in total. The molecule has 1 fully saturated rings. The Morgan fingerprint density at radius 1 is 1.06 bits per heavy atom. The van der Waals surface area contributed by atoms with E-state index in [1.165, 1.54) is 5.57 Å². The molecule has 1 atom stereocenters. The van der Waals surface area contributed by atoms with Gasteiger partial charge in [0.1, 0.15) is 6.04 Å². The number of nitrogens with two attached hydrogens (primary N) is 1. The lowest BCUT2D eigenvalue weighted by atomic mass is 9.99. The third-order valence-corrected chi connectivity index (χ3v) is 6.50. The number of anilines is 1. The van der Waals surface area contributed by atoms with Crippen molar-refractivity contribution in [2.24, 2.45) is 0 Å². The van der Waals surface area contributed by atoms with Crippen LogP contribution in [-0.2, 0) is 16.0 Å². The quantitative estimate of drug-likeness (QED) is 0.520. The predicted octanol–water partition coefficient (Wildman–Crippen LogP) is 4.16. The van der Waals surface area contributed by atoms with E-state index in [9.17, 15) is 9.59 Å². The summed E-state index contributed by atoms with van der Waals surface area (Å²) in [5, 5.41) is 4.20. The van der Waals surface area contributed by atoms with Gasteiger partial charge in [0.2, 0.25) is 11.8 Å². The van der Waals surface area contributed by atoms with Crippen LogP contribution in [0.1, 0.15) is 36.9 Å². The van der Waals surface area contributed by atoms with E-state index in [0.717, 1.165) is 52.8 Å². The molecule has 5 rings (SSSR count). The standard InChI is InChI=1S/C27H28N4O2/c28-21-11-8-20-16-23(30-24(20)17-21)19-9-12-22(13-10-19)29-27(33)25-7-4-14-31(25)26(32)15-18-5-2-1-3-6-18/h1-3,5-6,8-9,11-12,16-17,25,30H,4,7,10,13-15,28H2,(H,29,33)/t25-/m0/s1. The zero-order valence-corrected chi connectivity index (χ0v) is 18.5. The number of amides is 2. The molecule has 0 radical (unpaired) electrons. The Kier molecular flexibility index (Phi) is 5.73. The monoisotopic (exact) mass is 440 g/mol. The maximum absolute atomic E-state index is 13.0. The van der Waals surface area contributed by atoms with E-state index in [-0.39, 0.29) is 11.8 Å². The van der Waals surface area contributed by atoms with Crippen LogP contribution in [-0.4, -0.2) is 34.3 Å². The summed E-state index contributed by atoms with van der Waals surface area (Å²) in [5.74, 6) is -0.0730. The van der Waals surface area contributed by atoms with Crippen LogP contribution in [0.25, 0.3) is 16.5 Å². The molecule has 33 heavy (non-hydrogen) atoms. The van der Waals surface area contributed by atoms with Gasteiger partial charge < -0.3 is 20.9 Å². The summed E-state index contributed by atoms with van der Waals surface area (Å²) in [5.41, 5.74) is 11.8. The lowest BCUT2D eigenvalue weighted by Crippen LogP contribution is -2.46. The van der Waals surface area contributed by atoms with Crippen molar-refractivity contribution in [2.45, 2.75) is 38.1 Å². The van der Waals surface area contributed by atoms with Crippen molar-refractivity contribution >= 4 is 34.0 Å². The second kappa shape index (κ2) is 8.98. The first-order valence-corrected chi connectivity index (χ1v) is 11.5. The molecule has 1 aliphatic heterocycles. The Labute approximate surface area is 193 Å². The minimum atomic E-state index is -0.397. The number of benzene rings is 2. The van der Waals surface area contributed by atoms with Gasteiger partial charge in [0.25, 0.3) is 0 Å². The zero-order chi connectivity index (χ0) is 22.8. The number of likely N-dealkylation sites (tertiary alicyclic amines) is 1. The number of allylic oxidation sites excluding steroid dienone is 4. The van der Waals surface area contributed by atoms with Crippen molar-refractivity contribution in [1.82, 2.24) is 15.2 Å². The fourth-order valence-corrected chi connectivity index (χ4v) is 4.73. The Balaban J connectivity index is 1.24. The summed E-state index contributed by atoms with van der Waals surface area (Å²) in [6.45, 7) is 0.637. The van der Waals surface area contributed by atoms with Crippen molar-refractivity contribution in [1.29, 1.82) is 0 Å². The van der Waals surface area contributed by atoms with Crippen LogP contribution >= 0.6 is 0 Å². The van der Waals surface area contributed by atoms with E-state index in [0.29, 0.717) is 19.4 Å². The number of nitrogens with zero attached hydrogens (tertiary/aromatic N) is 1. The number of nitrogens with one attached hydrogen (secondary N) is 2. The summed E-state index contributed by atoms with van der Waals surface area (Å²) in [4.78, 5) is 31.0. The summed E-state index contributed by atoms with van der Waals surface area (Å²) >= 11 is 0. The van der Waals surface area contributed by atoms with Crippen LogP contribution in [0.5, 0.6) is 0 Å². The van der Waals surface area contributed by atoms with Crippen LogP contribution in [0.2, 0.25) is 0 Å². The lowest BCUT2D eigenvalue weighted by Gasteiger charge is -2.25. The molecule has 2 amide bonds. The number of hydrogen-bond donors (Lipinski definition) is 3. The molecule has 168 valence electrons. The SMILES string of the molecule is Nc1ccc2cc(C3=CC=C(NC(=O)[C@@H]4CCCN4C(=O)Cc4ccccc4)CC3)[nH]c2c1. The third kappa shape index (κ3) is 4.55. The van der Waals surface area contributed by atoms with Crippen molar-refractivity contribution in [3.8, 4) is 0 Å². The molecule has 2 aliphatic rings. The zero-order valence-electron chi connectivity index (χ0n) is 18.5. The van der Waals surface area contributed by atoms with Crippen LogP contribution in [0.15, 0.2) is 72.4 Å². The fourth-order valence-electron chi connectivity index (χ4n) is 4.73. The number of carbonyl (C=O) groups excluding carboxylic acids is 2. The van der Waals surface area contributed by atoms with E-state index < -0.39 is 6.04 Å². The molecule has 2 aromatic carbocycles. The molecular formula is C27H28N4O2. The largest absolute Gasteiger partial charge is 0.399 e. The molecule has 1 aliphatic carbocycles. The first kappa shape index (κ1) is 21.1. The first-order valence-electron chi connectivity index (χ1n) is 11.5. The minimum absolute atomic E-state index is 0.0121. The van der Waals surface area contributed by atoms with Crippen LogP contribution in [0.4, 0.5) is 5.69 Å². The average molecular weight is 441 g/mol. The molecule has 0 spiro atoms. The van der Waals surface area contributed by atoms with Gasteiger partial charge in [-0.15, -0.1) is 0 Å². The number of H-pyrrole nitrogens is 1. The average Bonchev–Trinajstić information content (AvgIpc) is 3.47. The Hall–Kier alpha value is -3.80. The smallest absolute Gasteiger partial charge is 0.246 e. The highest BCUT2D eigenvalue weighted by Crippen LogP contribution is 2.29. The number of nitrogen functional groups attached to an aromatic ring is 1. The molecule has 6 heteroatoms. The minimum Gasteiger partial charge on any atom is -0.399 e. The van der Waals surface area contributed by atoms with Gasteiger partial charge in [-0.1, -0.05) is 42.5 Å². The van der Waals surface area contributed by atoms with E-state index in [2.05, 4.69) is 22.4 Å². The molecule has 6 nitrogen and oxygen atoms in total. The maximum atomic E-state index is 13.0. The third-order valence-electron chi connectivity index (χ3n) is 6.50. The van der Waals surface area contributed by atoms with Gasteiger partial charge in [0.05, 0.1) is 6.42 Å². The molecule has 3 aromatic rings. The molecule has 0 bridgehead atoms. The first-order chi connectivity index (χ1) is 16.1. The Bertz CT molecular complexity index is 1260. The summed E-state index contributed by atoms with van der Waals surface area (Å²) in [6, 6.07) is 17.3. The highest BCUT2D eigenvalue weighted by Gasteiger charge is 2.34. The molecule has 0 saturated carbocycles. The number of fused-ring (bicyclic) bond motifs is 1. The Morgan fingerprint density at radius 3 is 2.70 bits per heavy atom. The normalized spacial score (nSPS) is 18.2. The van der Waals surface area contributed by atoms with Gasteiger partial charge in [-0.2, -0.15) is 0 Å².